The van der Waals surface area contributed by atoms with Crippen LogP contribution in [0.4, 0.5) is 0 Å². The first-order chi connectivity index (χ1) is 6.06. The van der Waals surface area contributed by atoms with E-state index in [9.17, 15) is 4.79 Å². The van der Waals surface area contributed by atoms with Crippen LogP contribution in [-0.2, 0) is 4.79 Å². The fourth-order valence-electron chi connectivity index (χ4n) is 1.81. The number of rotatable bonds is 2. The van der Waals surface area contributed by atoms with Gasteiger partial charge in [-0.15, -0.1) is 0 Å². The van der Waals surface area contributed by atoms with Crippen LogP contribution in [0.5, 0.6) is 0 Å². The summed E-state index contributed by atoms with van der Waals surface area (Å²) in [6.45, 7) is 6.02. The van der Waals surface area contributed by atoms with Crippen LogP contribution in [-0.4, -0.2) is 11.1 Å². The van der Waals surface area contributed by atoms with E-state index >= 15 is 0 Å². The average molecular weight is 183 g/mol. The SMILES string of the molecule is C=C1CCC(C)(CC(=O)NO)CC1. The highest BCUT2D eigenvalue weighted by Gasteiger charge is 2.30. The minimum Gasteiger partial charge on any atom is -0.289 e. The molecular formula is C10H17NO2. The quantitative estimate of drug-likeness (QED) is 0.391. The highest BCUT2D eigenvalue weighted by Crippen LogP contribution is 2.40. The largest absolute Gasteiger partial charge is 0.289 e. The van der Waals surface area contributed by atoms with E-state index in [0.29, 0.717) is 6.42 Å². The highest BCUT2D eigenvalue weighted by molar-refractivity contribution is 5.75. The maximum atomic E-state index is 11.0. The minimum atomic E-state index is -0.282. The summed E-state index contributed by atoms with van der Waals surface area (Å²) < 4.78 is 0. The molecule has 1 saturated carbocycles. The standard InChI is InChI=1S/C10H17NO2/c1-8-3-5-10(2,6-4-8)7-9(12)11-13/h13H,1,3-7H2,2H3,(H,11,12). The molecule has 0 aromatic heterocycles. The Morgan fingerprint density at radius 1 is 1.62 bits per heavy atom. The lowest BCUT2D eigenvalue weighted by Gasteiger charge is -2.33. The van der Waals surface area contributed by atoms with Gasteiger partial charge in [-0.1, -0.05) is 19.1 Å². The first-order valence-electron chi connectivity index (χ1n) is 4.65. The topological polar surface area (TPSA) is 49.3 Å². The smallest absolute Gasteiger partial charge is 0.243 e. The van der Waals surface area contributed by atoms with Gasteiger partial charge >= 0.3 is 0 Å². The van der Waals surface area contributed by atoms with E-state index in [-0.39, 0.29) is 11.3 Å². The number of hydroxylamine groups is 1. The molecule has 3 nitrogen and oxygen atoms in total. The molecule has 74 valence electrons. The fraction of sp³-hybridized carbons (Fsp3) is 0.700. The molecule has 0 aliphatic heterocycles. The van der Waals surface area contributed by atoms with Crippen molar-refractivity contribution in [2.75, 3.05) is 0 Å². The Hall–Kier alpha value is -0.830. The summed E-state index contributed by atoms with van der Waals surface area (Å²) in [6.07, 6.45) is 4.43. The van der Waals surface area contributed by atoms with Crippen molar-refractivity contribution in [2.24, 2.45) is 5.41 Å². The molecule has 0 spiro atoms. The molecule has 2 N–H and O–H groups in total. The number of hydrogen-bond acceptors (Lipinski definition) is 2. The van der Waals surface area contributed by atoms with Crippen molar-refractivity contribution in [1.29, 1.82) is 0 Å². The third kappa shape index (κ3) is 2.84. The van der Waals surface area contributed by atoms with E-state index in [1.54, 1.807) is 5.48 Å². The molecule has 0 atom stereocenters. The Balaban J connectivity index is 2.47. The Morgan fingerprint density at radius 2 is 2.15 bits per heavy atom. The summed E-state index contributed by atoms with van der Waals surface area (Å²) in [7, 11) is 0. The molecule has 0 radical (unpaired) electrons. The zero-order valence-corrected chi connectivity index (χ0v) is 8.10. The summed E-state index contributed by atoms with van der Waals surface area (Å²) in [6, 6.07) is 0. The average Bonchev–Trinajstić information content (AvgIpc) is 2.10. The third-order valence-corrected chi connectivity index (χ3v) is 2.88. The lowest BCUT2D eigenvalue weighted by molar-refractivity contribution is -0.131. The molecular weight excluding hydrogens is 166 g/mol. The summed E-state index contributed by atoms with van der Waals surface area (Å²) >= 11 is 0. The predicted octanol–water partition coefficient (Wildman–Crippen LogP) is 2.02. The minimum absolute atomic E-state index is 0.0496. The van der Waals surface area contributed by atoms with E-state index in [0.717, 1.165) is 25.7 Å². The molecule has 1 fully saturated rings. The Kier molecular flexibility index (Phi) is 3.09. The lowest BCUT2D eigenvalue weighted by Crippen LogP contribution is -2.30. The predicted molar refractivity (Wildman–Crippen MR) is 50.3 cm³/mol. The van der Waals surface area contributed by atoms with Gasteiger partial charge in [-0.2, -0.15) is 0 Å². The third-order valence-electron chi connectivity index (χ3n) is 2.88. The fourth-order valence-corrected chi connectivity index (χ4v) is 1.81. The number of nitrogens with one attached hydrogen (secondary N) is 1. The summed E-state index contributed by atoms with van der Waals surface area (Å²) in [4.78, 5) is 11.0. The van der Waals surface area contributed by atoms with Crippen LogP contribution in [0.25, 0.3) is 0 Å². The molecule has 0 aromatic rings. The first-order valence-corrected chi connectivity index (χ1v) is 4.65. The van der Waals surface area contributed by atoms with E-state index in [2.05, 4.69) is 13.5 Å². The lowest BCUT2D eigenvalue weighted by atomic mass is 9.72. The zero-order valence-electron chi connectivity index (χ0n) is 8.10. The van der Waals surface area contributed by atoms with Gasteiger partial charge in [0.15, 0.2) is 0 Å². The number of amides is 1. The molecule has 0 aromatic carbocycles. The summed E-state index contributed by atoms with van der Waals surface area (Å²) in [5, 5.41) is 8.41. The maximum Gasteiger partial charge on any atom is 0.243 e. The van der Waals surface area contributed by atoms with Crippen LogP contribution in [0, 0.1) is 5.41 Å². The number of hydrogen-bond donors (Lipinski definition) is 2. The van der Waals surface area contributed by atoms with Gasteiger partial charge in [0.25, 0.3) is 0 Å². The van der Waals surface area contributed by atoms with Crippen LogP contribution in [0.2, 0.25) is 0 Å². The molecule has 0 unspecified atom stereocenters. The molecule has 1 aliphatic carbocycles. The first kappa shape index (κ1) is 10.3. The van der Waals surface area contributed by atoms with Gasteiger partial charge in [0, 0.05) is 6.42 Å². The number of allylic oxidation sites excluding steroid dienone is 1. The summed E-state index contributed by atoms with van der Waals surface area (Å²) in [5.41, 5.74) is 3.02. The van der Waals surface area contributed by atoms with Gasteiger partial charge in [-0.3, -0.25) is 10.0 Å². The van der Waals surface area contributed by atoms with Crippen molar-refractivity contribution in [3.05, 3.63) is 12.2 Å². The number of carbonyl (C=O) groups is 1. The van der Waals surface area contributed by atoms with Gasteiger partial charge in [0.05, 0.1) is 0 Å². The van der Waals surface area contributed by atoms with E-state index in [1.165, 1.54) is 5.57 Å². The second kappa shape index (κ2) is 3.92. The maximum absolute atomic E-state index is 11.0. The van der Waals surface area contributed by atoms with Crippen molar-refractivity contribution < 1.29 is 10.0 Å². The van der Waals surface area contributed by atoms with Crippen LogP contribution in [0.1, 0.15) is 39.0 Å². The molecule has 1 rings (SSSR count). The van der Waals surface area contributed by atoms with Crippen molar-refractivity contribution in [3.63, 3.8) is 0 Å². The van der Waals surface area contributed by atoms with Gasteiger partial charge in [0.1, 0.15) is 0 Å². The monoisotopic (exact) mass is 183 g/mol. The van der Waals surface area contributed by atoms with Gasteiger partial charge in [-0.05, 0) is 31.1 Å². The van der Waals surface area contributed by atoms with Gasteiger partial charge < -0.3 is 0 Å². The van der Waals surface area contributed by atoms with Crippen LogP contribution in [0.15, 0.2) is 12.2 Å². The van der Waals surface area contributed by atoms with E-state index in [1.807, 2.05) is 0 Å². The number of carbonyl (C=O) groups excluding carboxylic acids is 1. The van der Waals surface area contributed by atoms with Crippen molar-refractivity contribution in [2.45, 2.75) is 39.0 Å². The normalized spacial score (nSPS) is 21.2. The second-order valence-electron chi connectivity index (χ2n) is 4.27. The highest BCUT2D eigenvalue weighted by atomic mass is 16.5. The van der Waals surface area contributed by atoms with Crippen molar-refractivity contribution >= 4 is 5.91 Å². The van der Waals surface area contributed by atoms with Gasteiger partial charge in [-0.25, -0.2) is 5.48 Å². The van der Waals surface area contributed by atoms with E-state index in [4.69, 9.17) is 5.21 Å². The van der Waals surface area contributed by atoms with Crippen LogP contribution >= 0.6 is 0 Å². The van der Waals surface area contributed by atoms with Crippen molar-refractivity contribution in [1.82, 2.24) is 5.48 Å². The molecule has 0 bridgehead atoms. The zero-order chi connectivity index (χ0) is 9.90. The van der Waals surface area contributed by atoms with Gasteiger partial charge in [0.2, 0.25) is 5.91 Å². The molecule has 0 saturated heterocycles. The molecule has 1 amide bonds. The van der Waals surface area contributed by atoms with Crippen LogP contribution < -0.4 is 5.48 Å². The molecule has 13 heavy (non-hydrogen) atoms. The molecule has 0 heterocycles. The van der Waals surface area contributed by atoms with E-state index < -0.39 is 0 Å². The molecule has 1 aliphatic rings. The Bertz CT molecular complexity index is 213. The molecule has 3 heteroatoms. The summed E-state index contributed by atoms with van der Waals surface area (Å²) in [5.74, 6) is -0.282. The van der Waals surface area contributed by atoms with Crippen LogP contribution in [0.3, 0.4) is 0 Å². The van der Waals surface area contributed by atoms with Crippen molar-refractivity contribution in [3.8, 4) is 0 Å². The Morgan fingerprint density at radius 3 is 2.62 bits per heavy atom. The Labute approximate surface area is 78.8 Å². The second-order valence-corrected chi connectivity index (χ2v) is 4.27.